The number of alkyl halides is 3. The van der Waals surface area contributed by atoms with Gasteiger partial charge >= 0.3 is 4.83 Å². The van der Waals surface area contributed by atoms with Gasteiger partial charge in [0.25, 0.3) is 0 Å². The molecule has 7 heteroatoms. The summed E-state index contributed by atoms with van der Waals surface area (Å²) in [7, 11) is 0. The van der Waals surface area contributed by atoms with Gasteiger partial charge in [0.15, 0.2) is 11.6 Å². The molecular weight excluding hydrogens is 308 g/mol. The van der Waals surface area contributed by atoms with Gasteiger partial charge in [0.05, 0.1) is 11.0 Å². The number of nitrogens with one attached hydrogen (secondary N) is 1. The molecule has 4 nitrogen and oxygen atoms in total. The molecule has 0 aliphatic rings. The molecule has 2 aromatic rings. The molecule has 1 aromatic heterocycles. The number of aliphatic hydroxyl groups is 1. The molecule has 0 aliphatic heterocycles. The number of fused-ring (bicyclic) bond motifs is 1. The number of benzene rings is 1. The lowest BCUT2D eigenvalue weighted by Gasteiger charge is -2.07. The molecule has 0 saturated carbocycles. The second-order valence-corrected chi connectivity index (χ2v) is 4.43. The van der Waals surface area contributed by atoms with Crippen molar-refractivity contribution in [2.75, 3.05) is 0 Å². The number of halogens is 3. The Morgan fingerprint density at radius 3 is 2.67 bits per heavy atom. The molecule has 0 fully saturated rings. The number of rotatable bonds is 2. The molecule has 0 aliphatic carbocycles. The number of nitrogens with zero attached hydrogens (tertiary/aromatic N) is 2. The predicted octanol–water partition coefficient (Wildman–Crippen LogP) is 3.34. The molecule has 2 rings (SSSR count). The number of H-pyrrole nitrogens is 1. The number of imidazole rings is 1. The van der Waals surface area contributed by atoms with Crippen LogP contribution in [0.3, 0.4) is 0 Å². The summed E-state index contributed by atoms with van der Waals surface area (Å²) in [5.74, 6) is -1.47. The second kappa shape index (κ2) is 4.38. The Hall–Kier alpha value is -1.94. The average molecular weight is 314 g/mol. The van der Waals surface area contributed by atoms with Gasteiger partial charge in [0.2, 0.25) is 0 Å². The van der Waals surface area contributed by atoms with Gasteiger partial charge < -0.3 is 10.1 Å². The van der Waals surface area contributed by atoms with Crippen molar-refractivity contribution in [2.45, 2.75) is 4.83 Å². The average Bonchev–Trinajstić information content (AvgIpc) is 2.71. The first-order valence-corrected chi connectivity index (χ1v) is 5.58. The van der Waals surface area contributed by atoms with Gasteiger partial charge in [-0.25, -0.2) is 4.98 Å². The zero-order valence-electron chi connectivity index (χ0n) is 8.78. The highest BCUT2D eigenvalue weighted by Gasteiger charge is 2.34. The fraction of sp³-hybridized carbons (Fsp3) is 0.0909. The van der Waals surface area contributed by atoms with E-state index >= 15 is 0 Å². The van der Waals surface area contributed by atoms with Crippen LogP contribution in [-0.2, 0) is 0 Å². The Morgan fingerprint density at radius 1 is 1.44 bits per heavy atom. The molecule has 92 valence electrons. The largest absolute Gasteiger partial charge is 0.505 e. The quantitative estimate of drug-likeness (QED) is 0.507. The number of allylic oxidation sites excluding steroid dienone is 2. The van der Waals surface area contributed by atoms with Gasteiger partial charge in [-0.05, 0) is 28.1 Å². The van der Waals surface area contributed by atoms with Crippen LogP contribution in [0.1, 0.15) is 5.82 Å². The molecule has 18 heavy (non-hydrogen) atoms. The monoisotopic (exact) mass is 313 g/mol. The number of hydrogen-bond donors (Lipinski definition) is 2. The Bertz CT molecular complexity index is 634. The topological polar surface area (TPSA) is 72.7 Å². The number of para-hydroxylation sites is 2. The maximum Gasteiger partial charge on any atom is 0.358 e. The van der Waals surface area contributed by atoms with E-state index in [0.717, 1.165) is 0 Å². The van der Waals surface area contributed by atoms with E-state index in [1.165, 1.54) is 6.07 Å². The normalized spacial score (nSPS) is 13.2. The minimum absolute atomic E-state index is 0.102. The first-order valence-electron chi connectivity index (χ1n) is 4.79. The van der Waals surface area contributed by atoms with E-state index in [0.29, 0.717) is 11.0 Å². The molecule has 0 atom stereocenters. The fourth-order valence-corrected chi connectivity index (χ4v) is 1.63. The van der Waals surface area contributed by atoms with Gasteiger partial charge in [0, 0.05) is 0 Å². The highest BCUT2D eigenvalue weighted by atomic mass is 79.9. The van der Waals surface area contributed by atoms with Crippen LogP contribution in [0.2, 0.25) is 0 Å². The van der Waals surface area contributed by atoms with Crippen LogP contribution in [0, 0.1) is 11.3 Å². The summed E-state index contributed by atoms with van der Waals surface area (Å²) in [6.45, 7) is 0. The number of aromatic amines is 1. The van der Waals surface area contributed by atoms with Crippen molar-refractivity contribution < 1.29 is 13.9 Å². The van der Waals surface area contributed by atoms with E-state index < -0.39 is 16.2 Å². The Balaban J connectivity index is 2.62. The maximum absolute atomic E-state index is 12.9. The first-order chi connectivity index (χ1) is 8.43. The summed E-state index contributed by atoms with van der Waals surface area (Å²) >= 11 is 1.99. The molecule has 0 unspecified atom stereocenters. The molecule has 1 aromatic carbocycles. The highest BCUT2D eigenvalue weighted by Crippen LogP contribution is 2.33. The van der Waals surface area contributed by atoms with E-state index in [4.69, 9.17) is 5.26 Å². The van der Waals surface area contributed by atoms with E-state index in [2.05, 4.69) is 9.97 Å². The second-order valence-electron chi connectivity index (χ2n) is 3.44. The summed E-state index contributed by atoms with van der Waals surface area (Å²) < 4.78 is 25.8. The van der Waals surface area contributed by atoms with Crippen LogP contribution in [0.5, 0.6) is 0 Å². The van der Waals surface area contributed by atoms with Crippen molar-refractivity contribution in [2.24, 2.45) is 0 Å². The van der Waals surface area contributed by atoms with Gasteiger partial charge in [-0.3, -0.25) is 0 Å². The number of aromatic nitrogens is 2. The van der Waals surface area contributed by atoms with E-state index in [1.54, 1.807) is 24.3 Å². The van der Waals surface area contributed by atoms with Crippen LogP contribution in [0.15, 0.2) is 30.0 Å². The Labute approximate surface area is 109 Å². The van der Waals surface area contributed by atoms with Gasteiger partial charge in [0.1, 0.15) is 11.6 Å². The molecule has 1 heterocycles. The standard InChI is InChI=1S/C11H6BrF2N3O/c12-11(13,14)9(18)6(5-15)10-16-7-3-1-2-4-8(7)17-10/h1-4,18H,(H,16,17)/b9-6-. The molecule has 0 spiro atoms. The van der Waals surface area contributed by atoms with E-state index in [1.807, 2.05) is 15.9 Å². The van der Waals surface area contributed by atoms with Crippen molar-refractivity contribution in [3.8, 4) is 6.07 Å². The third-order valence-electron chi connectivity index (χ3n) is 2.24. The molecular formula is C11H6BrF2N3O. The molecule has 2 N–H and O–H groups in total. The van der Waals surface area contributed by atoms with E-state index in [-0.39, 0.29) is 5.82 Å². The molecule has 0 amide bonds. The summed E-state index contributed by atoms with van der Waals surface area (Å²) in [6.07, 6.45) is 0. The zero-order chi connectivity index (χ0) is 13.3. The van der Waals surface area contributed by atoms with Crippen LogP contribution in [0.4, 0.5) is 8.78 Å². The number of aliphatic hydroxyl groups excluding tert-OH is 1. The SMILES string of the molecule is N#C/C(=C(/O)C(F)(F)Br)c1nc2ccccc2[nH]1. The Morgan fingerprint density at radius 2 is 2.11 bits per heavy atom. The minimum atomic E-state index is -3.67. The summed E-state index contributed by atoms with van der Waals surface area (Å²) in [4.78, 5) is 2.99. The number of hydrogen-bond acceptors (Lipinski definition) is 3. The van der Waals surface area contributed by atoms with Gasteiger partial charge in [-0.1, -0.05) is 12.1 Å². The maximum atomic E-state index is 12.9. The van der Waals surface area contributed by atoms with Gasteiger partial charge in [-0.2, -0.15) is 14.0 Å². The lowest BCUT2D eigenvalue weighted by atomic mass is 10.2. The first kappa shape index (κ1) is 12.5. The van der Waals surface area contributed by atoms with Crippen LogP contribution in [-0.4, -0.2) is 19.9 Å². The zero-order valence-corrected chi connectivity index (χ0v) is 10.4. The summed E-state index contributed by atoms with van der Waals surface area (Å²) in [5, 5.41) is 18.2. The van der Waals surface area contributed by atoms with Crippen LogP contribution in [0.25, 0.3) is 16.6 Å². The Kier molecular flexibility index (Phi) is 3.05. The highest BCUT2D eigenvalue weighted by molar-refractivity contribution is 9.10. The van der Waals surface area contributed by atoms with Crippen LogP contribution < -0.4 is 0 Å². The van der Waals surface area contributed by atoms with Crippen molar-refractivity contribution >= 4 is 32.5 Å². The smallest absolute Gasteiger partial charge is 0.358 e. The minimum Gasteiger partial charge on any atom is -0.505 e. The fourth-order valence-electron chi connectivity index (χ4n) is 1.43. The molecule has 0 saturated heterocycles. The van der Waals surface area contributed by atoms with Crippen molar-refractivity contribution in [3.05, 3.63) is 35.8 Å². The predicted molar refractivity (Wildman–Crippen MR) is 65.1 cm³/mol. The molecule has 0 radical (unpaired) electrons. The van der Waals surface area contributed by atoms with Gasteiger partial charge in [-0.15, -0.1) is 0 Å². The number of nitriles is 1. The van der Waals surface area contributed by atoms with Crippen molar-refractivity contribution in [3.63, 3.8) is 0 Å². The lowest BCUT2D eigenvalue weighted by molar-refractivity contribution is 0.102. The van der Waals surface area contributed by atoms with Crippen molar-refractivity contribution in [1.29, 1.82) is 5.26 Å². The van der Waals surface area contributed by atoms with Crippen molar-refractivity contribution in [1.82, 2.24) is 9.97 Å². The summed E-state index contributed by atoms with van der Waals surface area (Å²) in [6, 6.07) is 8.32. The third kappa shape index (κ3) is 2.19. The third-order valence-corrected chi connectivity index (χ3v) is 2.62. The van der Waals surface area contributed by atoms with E-state index in [9.17, 15) is 13.9 Å². The summed E-state index contributed by atoms with van der Waals surface area (Å²) in [5.41, 5.74) is 0.505. The van der Waals surface area contributed by atoms with Crippen LogP contribution >= 0.6 is 15.9 Å². The lowest BCUT2D eigenvalue weighted by Crippen LogP contribution is -2.11. The molecule has 0 bridgehead atoms.